The van der Waals surface area contributed by atoms with E-state index in [1.807, 2.05) is 0 Å². The Balaban J connectivity index is 2.63. The molecular weight excluding hydrogens is 286 g/mol. The molecule has 20 heavy (non-hydrogen) atoms. The van der Waals surface area contributed by atoms with Gasteiger partial charge in [0.05, 0.1) is 17.2 Å². The summed E-state index contributed by atoms with van der Waals surface area (Å²) in [6, 6.07) is 5.19. The number of nitrogens with one attached hydrogen (secondary N) is 1. The number of benzene rings is 1. The first-order chi connectivity index (χ1) is 9.32. The van der Waals surface area contributed by atoms with Crippen molar-refractivity contribution >= 4 is 27.6 Å². The van der Waals surface area contributed by atoms with E-state index in [-0.39, 0.29) is 23.8 Å². The van der Waals surface area contributed by atoms with Crippen LogP contribution in [0.2, 0.25) is 0 Å². The summed E-state index contributed by atoms with van der Waals surface area (Å²) in [5.41, 5.74) is 8.50. The lowest BCUT2D eigenvalue weighted by atomic mass is 10.3. The fraction of sp³-hybridized carbons (Fsp3) is 0.273. The second-order valence-electron chi connectivity index (χ2n) is 3.70. The quantitative estimate of drug-likeness (QED) is 0.230. The van der Waals surface area contributed by atoms with Crippen LogP contribution >= 0.6 is 0 Å². The van der Waals surface area contributed by atoms with E-state index in [1.54, 1.807) is 6.92 Å². The summed E-state index contributed by atoms with van der Waals surface area (Å²) in [5, 5.41) is 3.74. The minimum absolute atomic E-state index is 0.0299. The summed E-state index contributed by atoms with van der Waals surface area (Å²) < 4.78 is 35.2. The Bertz CT molecular complexity index is 595. The van der Waals surface area contributed by atoms with Crippen LogP contribution in [0.4, 0.5) is 5.69 Å². The monoisotopic (exact) mass is 301 g/mol. The molecule has 0 aliphatic heterocycles. The lowest BCUT2D eigenvalue weighted by molar-refractivity contribution is -0.141. The van der Waals surface area contributed by atoms with Crippen LogP contribution in [0.1, 0.15) is 13.3 Å². The number of hydrogen-bond acceptors (Lipinski definition) is 6. The van der Waals surface area contributed by atoms with Crippen LogP contribution in [0, 0.1) is 0 Å². The third-order valence-corrected chi connectivity index (χ3v) is 2.98. The van der Waals surface area contributed by atoms with Gasteiger partial charge in [-0.25, -0.2) is 0 Å². The molecule has 0 aliphatic carbocycles. The summed E-state index contributed by atoms with van der Waals surface area (Å²) >= 11 is 0. The molecule has 4 N–H and O–H groups in total. The number of hydrogen-bond donors (Lipinski definition) is 3. The molecule has 0 saturated carbocycles. The maximum atomic E-state index is 11.1. The molecule has 0 amide bonds. The number of anilines is 1. The van der Waals surface area contributed by atoms with E-state index < -0.39 is 16.1 Å². The van der Waals surface area contributed by atoms with Gasteiger partial charge < -0.3 is 10.5 Å². The predicted molar refractivity (Wildman–Crippen MR) is 72.8 cm³/mol. The van der Waals surface area contributed by atoms with Gasteiger partial charge in [-0.1, -0.05) is 0 Å². The molecule has 0 fully saturated rings. The molecule has 0 heterocycles. The Morgan fingerprint density at radius 2 is 2.00 bits per heavy atom. The summed E-state index contributed by atoms with van der Waals surface area (Å²) in [6.07, 6.45) is -0.149. The molecule has 0 atom stereocenters. The zero-order chi connectivity index (χ0) is 15.2. The highest BCUT2D eigenvalue weighted by Crippen LogP contribution is 2.13. The lowest BCUT2D eigenvalue weighted by Gasteiger charge is -2.04. The maximum absolute atomic E-state index is 11.1. The molecule has 1 aromatic carbocycles. The molecule has 1 aromatic rings. The maximum Gasteiger partial charge on any atom is 0.313 e. The number of nitrogens with zero attached hydrogens (tertiary/aromatic N) is 1. The number of nitrogens with two attached hydrogens (primary N) is 1. The van der Waals surface area contributed by atoms with E-state index in [0.29, 0.717) is 5.69 Å². The van der Waals surface area contributed by atoms with Crippen molar-refractivity contribution in [3.05, 3.63) is 24.3 Å². The van der Waals surface area contributed by atoms with Gasteiger partial charge in [0.15, 0.2) is 0 Å². The van der Waals surface area contributed by atoms with Crippen molar-refractivity contribution in [3.63, 3.8) is 0 Å². The standard InChI is InChI=1S/C11H15N3O5S/c1-2-19-11(15)7-10(12)14-13-8-3-5-9(6-4-8)20(16,17)18/h3-6,13H,2,7H2,1H3,(H2,12,14)(H,16,17,18). The highest BCUT2D eigenvalue weighted by atomic mass is 32.2. The molecule has 0 aliphatic rings. The summed E-state index contributed by atoms with van der Waals surface area (Å²) in [5.74, 6) is -0.459. The van der Waals surface area contributed by atoms with Gasteiger partial charge in [-0.2, -0.15) is 13.5 Å². The largest absolute Gasteiger partial charge is 0.466 e. The first-order valence-electron chi connectivity index (χ1n) is 5.64. The van der Waals surface area contributed by atoms with E-state index >= 15 is 0 Å². The normalized spacial score (nSPS) is 12.0. The molecule has 0 aromatic heterocycles. The van der Waals surface area contributed by atoms with Crippen LogP contribution < -0.4 is 11.2 Å². The van der Waals surface area contributed by atoms with E-state index in [0.717, 1.165) is 0 Å². The second-order valence-corrected chi connectivity index (χ2v) is 5.12. The number of esters is 1. The van der Waals surface area contributed by atoms with Crippen LogP contribution in [-0.4, -0.2) is 31.4 Å². The first-order valence-corrected chi connectivity index (χ1v) is 7.08. The average Bonchev–Trinajstić information content (AvgIpc) is 2.36. The van der Waals surface area contributed by atoms with Crippen molar-refractivity contribution in [1.29, 1.82) is 0 Å². The van der Waals surface area contributed by atoms with Crippen LogP contribution in [0.15, 0.2) is 34.3 Å². The van der Waals surface area contributed by atoms with Crippen molar-refractivity contribution in [2.24, 2.45) is 10.8 Å². The fourth-order valence-electron chi connectivity index (χ4n) is 1.24. The minimum atomic E-state index is -4.22. The number of ether oxygens (including phenoxy) is 1. The average molecular weight is 301 g/mol. The van der Waals surface area contributed by atoms with Gasteiger partial charge in [0, 0.05) is 0 Å². The SMILES string of the molecule is CCOC(=O)C/C(N)=N/Nc1ccc(S(=O)(=O)O)cc1. The second kappa shape index (κ2) is 6.87. The highest BCUT2D eigenvalue weighted by molar-refractivity contribution is 7.85. The van der Waals surface area contributed by atoms with E-state index in [9.17, 15) is 13.2 Å². The first kappa shape index (κ1) is 15.9. The summed E-state index contributed by atoms with van der Waals surface area (Å²) in [7, 11) is -4.22. The van der Waals surface area contributed by atoms with Gasteiger partial charge >= 0.3 is 5.97 Å². The number of amidine groups is 1. The van der Waals surface area contributed by atoms with E-state index in [1.165, 1.54) is 24.3 Å². The van der Waals surface area contributed by atoms with Gasteiger partial charge in [0.1, 0.15) is 12.3 Å². The van der Waals surface area contributed by atoms with Crippen molar-refractivity contribution in [2.75, 3.05) is 12.0 Å². The highest BCUT2D eigenvalue weighted by Gasteiger charge is 2.08. The number of carbonyl (C=O) groups excluding carboxylic acids is 1. The van der Waals surface area contributed by atoms with Crippen LogP contribution in [-0.2, 0) is 19.6 Å². The Labute approximate surface area is 116 Å². The van der Waals surface area contributed by atoms with Gasteiger partial charge in [0.2, 0.25) is 0 Å². The predicted octanol–water partition coefficient (Wildman–Crippen LogP) is 0.571. The summed E-state index contributed by atoms with van der Waals surface area (Å²) in [4.78, 5) is 10.9. The van der Waals surface area contributed by atoms with Crippen molar-refractivity contribution < 1.29 is 22.5 Å². The topological polar surface area (TPSA) is 131 Å². The third kappa shape index (κ3) is 5.24. The molecule has 9 heteroatoms. The van der Waals surface area contributed by atoms with Gasteiger partial charge in [-0.15, -0.1) is 0 Å². The molecule has 0 radical (unpaired) electrons. The van der Waals surface area contributed by atoms with Crippen LogP contribution in [0.25, 0.3) is 0 Å². The molecule has 110 valence electrons. The zero-order valence-corrected chi connectivity index (χ0v) is 11.6. The Morgan fingerprint density at radius 1 is 1.40 bits per heavy atom. The molecule has 0 saturated heterocycles. The van der Waals surface area contributed by atoms with Gasteiger partial charge in [-0.3, -0.25) is 14.8 Å². The molecular formula is C11H15N3O5S. The fourth-order valence-corrected chi connectivity index (χ4v) is 1.72. The van der Waals surface area contributed by atoms with Gasteiger partial charge in [0.25, 0.3) is 10.1 Å². The van der Waals surface area contributed by atoms with Gasteiger partial charge in [-0.05, 0) is 31.2 Å². The zero-order valence-electron chi connectivity index (χ0n) is 10.7. The van der Waals surface area contributed by atoms with E-state index in [4.69, 9.17) is 15.0 Å². The van der Waals surface area contributed by atoms with E-state index in [2.05, 4.69) is 10.5 Å². The van der Waals surface area contributed by atoms with Crippen molar-refractivity contribution in [2.45, 2.75) is 18.2 Å². The lowest BCUT2D eigenvalue weighted by Crippen LogP contribution is -2.20. The summed E-state index contributed by atoms with van der Waals surface area (Å²) in [6.45, 7) is 1.94. The molecule has 1 rings (SSSR count). The smallest absolute Gasteiger partial charge is 0.313 e. The Hall–Kier alpha value is -2.13. The number of hydrazone groups is 1. The molecule has 8 nitrogen and oxygen atoms in total. The molecule has 0 unspecified atom stereocenters. The molecule has 0 spiro atoms. The Morgan fingerprint density at radius 3 is 2.50 bits per heavy atom. The van der Waals surface area contributed by atoms with Crippen LogP contribution in [0.3, 0.4) is 0 Å². The minimum Gasteiger partial charge on any atom is -0.466 e. The van der Waals surface area contributed by atoms with Crippen LogP contribution in [0.5, 0.6) is 0 Å². The number of rotatable bonds is 6. The third-order valence-electron chi connectivity index (χ3n) is 2.11. The van der Waals surface area contributed by atoms with Crippen molar-refractivity contribution in [3.8, 4) is 0 Å². The Kier molecular flexibility index (Phi) is 5.47. The molecule has 0 bridgehead atoms. The van der Waals surface area contributed by atoms with Crippen molar-refractivity contribution in [1.82, 2.24) is 0 Å². The number of carbonyl (C=O) groups is 1.